The molecular formula is C24H22ClN3OS2. The summed E-state index contributed by atoms with van der Waals surface area (Å²) in [5, 5.41) is 4.72. The van der Waals surface area contributed by atoms with E-state index < -0.39 is 0 Å². The van der Waals surface area contributed by atoms with Gasteiger partial charge in [0, 0.05) is 34.0 Å². The van der Waals surface area contributed by atoms with Gasteiger partial charge in [-0.3, -0.25) is 10.2 Å². The monoisotopic (exact) mass is 467 g/mol. The molecule has 1 aromatic heterocycles. The zero-order valence-corrected chi connectivity index (χ0v) is 19.3. The second-order valence-electron chi connectivity index (χ2n) is 7.68. The molecule has 0 radical (unpaired) electrons. The topological polar surface area (TPSA) is 44.7 Å². The summed E-state index contributed by atoms with van der Waals surface area (Å²) in [6.07, 6.45) is 4.70. The smallest absolute Gasteiger partial charge is 0.265 e. The van der Waals surface area contributed by atoms with Crippen molar-refractivity contribution in [2.75, 3.05) is 13.1 Å². The van der Waals surface area contributed by atoms with Crippen molar-refractivity contribution in [3.8, 4) is 0 Å². The third kappa shape index (κ3) is 4.44. The van der Waals surface area contributed by atoms with Gasteiger partial charge in [-0.25, -0.2) is 10.0 Å². The second-order valence-corrected chi connectivity index (χ2v) is 10.1. The minimum absolute atomic E-state index is 0.0811. The number of carbonyl (C=O) groups excluding carboxylic acids is 1. The number of thiophene rings is 1. The van der Waals surface area contributed by atoms with Gasteiger partial charge >= 0.3 is 0 Å². The molecule has 5 rings (SSSR count). The number of hydrazine groups is 1. The van der Waals surface area contributed by atoms with Gasteiger partial charge in [0.25, 0.3) is 5.91 Å². The van der Waals surface area contributed by atoms with Crippen LogP contribution >= 0.6 is 34.7 Å². The summed E-state index contributed by atoms with van der Waals surface area (Å²) >= 11 is 9.73. The van der Waals surface area contributed by atoms with E-state index in [2.05, 4.69) is 17.6 Å². The Hall–Kier alpha value is -2.12. The van der Waals surface area contributed by atoms with Crippen LogP contribution in [0.5, 0.6) is 0 Å². The lowest BCUT2D eigenvalue weighted by Crippen LogP contribution is -2.42. The highest BCUT2D eigenvalue weighted by molar-refractivity contribution is 7.99. The molecule has 2 aliphatic rings. The molecule has 0 atom stereocenters. The summed E-state index contributed by atoms with van der Waals surface area (Å²) in [7, 11) is 0. The van der Waals surface area contributed by atoms with Crippen LogP contribution in [0, 0.1) is 0 Å². The maximum atomic E-state index is 13.0. The molecule has 3 aromatic rings. The van der Waals surface area contributed by atoms with E-state index >= 15 is 0 Å². The van der Waals surface area contributed by atoms with E-state index in [0.717, 1.165) is 57.6 Å². The summed E-state index contributed by atoms with van der Waals surface area (Å²) in [6, 6.07) is 15.9. The van der Waals surface area contributed by atoms with Crippen molar-refractivity contribution in [2.24, 2.45) is 4.99 Å². The molecule has 0 aliphatic carbocycles. The molecular weight excluding hydrogens is 446 g/mol. The third-order valence-electron chi connectivity index (χ3n) is 5.51. The quantitative estimate of drug-likeness (QED) is 0.371. The summed E-state index contributed by atoms with van der Waals surface area (Å²) in [5.41, 5.74) is 6.41. The Labute approximate surface area is 195 Å². The predicted molar refractivity (Wildman–Crippen MR) is 129 cm³/mol. The number of carbonyl (C=O) groups is 1. The first-order valence-corrected chi connectivity index (χ1v) is 12.6. The van der Waals surface area contributed by atoms with Crippen LogP contribution in [0.15, 0.2) is 68.7 Å². The van der Waals surface area contributed by atoms with Crippen LogP contribution < -0.4 is 5.43 Å². The standard InChI is InChI=1S/C24H22ClN3OS2/c25-18-11-14-30-23(18)22-17-7-3-4-8-20(17)31-21-10-9-16(15-19(21)26-22)24(29)27-28-12-5-1-2-6-13-28/h3-4,7-11,14-15H,1-2,5-6,12-13H2,(H,27,29). The number of halogens is 1. The van der Waals surface area contributed by atoms with Crippen LogP contribution in [-0.4, -0.2) is 29.7 Å². The van der Waals surface area contributed by atoms with E-state index in [-0.39, 0.29) is 5.91 Å². The lowest BCUT2D eigenvalue weighted by atomic mass is 10.1. The molecule has 31 heavy (non-hydrogen) atoms. The number of hydrogen-bond donors (Lipinski definition) is 1. The second kappa shape index (κ2) is 9.17. The van der Waals surface area contributed by atoms with Crippen LogP contribution in [0.3, 0.4) is 0 Å². The Morgan fingerprint density at radius 2 is 1.81 bits per heavy atom. The molecule has 1 N–H and O–H groups in total. The minimum atomic E-state index is -0.0811. The van der Waals surface area contributed by atoms with Crippen molar-refractivity contribution in [2.45, 2.75) is 35.5 Å². The van der Waals surface area contributed by atoms with E-state index in [1.54, 1.807) is 23.1 Å². The molecule has 1 saturated heterocycles. The summed E-state index contributed by atoms with van der Waals surface area (Å²) in [6.45, 7) is 1.81. The van der Waals surface area contributed by atoms with Gasteiger partial charge in [-0.05, 0) is 48.6 Å². The van der Waals surface area contributed by atoms with E-state index in [1.165, 1.54) is 12.8 Å². The van der Waals surface area contributed by atoms with E-state index in [0.29, 0.717) is 10.6 Å². The first-order valence-electron chi connectivity index (χ1n) is 10.5. The molecule has 4 nitrogen and oxygen atoms in total. The van der Waals surface area contributed by atoms with Gasteiger partial charge in [-0.15, -0.1) is 11.3 Å². The fourth-order valence-electron chi connectivity index (χ4n) is 3.91. The van der Waals surface area contributed by atoms with Gasteiger partial charge in [0.15, 0.2) is 0 Å². The lowest BCUT2D eigenvalue weighted by molar-refractivity contribution is 0.0794. The Kier molecular flexibility index (Phi) is 6.14. The largest absolute Gasteiger partial charge is 0.285 e. The number of nitrogens with zero attached hydrogens (tertiary/aromatic N) is 2. The van der Waals surface area contributed by atoms with Gasteiger partial charge in [0.1, 0.15) is 0 Å². The first kappa shape index (κ1) is 20.8. The van der Waals surface area contributed by atoms with Gasteiger partial charge in [-0.2, -0.15) is 0 Å². The van der Waals surface area contributed by atoms with E-state index in [4.69, 9.17) is 16.6 Å². The van der Waals surface area contributed by atoms with Crippen LogP contribution in [0.25, 0.3) is 0 Å². The zero-order chi connectivity index (χ0) is 21.2. The number of fused-ring (bicyclic) bond motifs is 2. The minimum Gasteiger partial charge on any atom is -0.285 e. The van der Waals surface area contributed by atoms with Crippen molar-refractivity contribution in [3.63, 3.8) is 0 Å². The third-order valence-corrected chi connectivity index (χ3v) is 8.00. The molecule has 0 unspecified atom stereocenters. The van der Waals surface area contributed by atoms with Crippen molar-refractivity contribution in [3.05, 3.63) is 74.9 Å². The van der Waals surface area contributed by atoms with Crippen molar-refractivity contribution in [1.29, 1.82) is 0 Å². The number of hydrogen-bond acceptors (Lipinski definition) is 5. The van der Waals surface area contributed by atoms with E-state index in [9.17, 15) is 4.79 Å². The molecule has 2 aromatic carbocycles. The molecule has 0 spiro atoms. The molecule has 158 valence electrons. The van der Waals surface area contributed by atoms with Crippen molar-refractivity contribution < 1.29 is 4.79 Å². The molecule has 1 fully saturated rings. The van der Waals surface area contributed by atoms with E-state index in [1.807, 2.05) is 46.8 Å². The van der Waals surface area contributed by atoms with Crippen LogP contribution in [0.2, 0.25) is 5.02 Å². The highest BCUT2D eigenvalue weighted by Gasteiger charge is 2.22. The Morgan fingerprint density at radius 1 is 1.00 bits per heavy atom. The molecule has 3 heterocycles. The highest BCUT2D eigenvalue weighted by Crippen LogP contribution is 2.42. The van der Waals surface area contributed by atoms with Gasteiger partial charge in [-0.1, -0.05) is 54.4 Å². The van der Waals surface area contributed by atoms with Gasteiger partial charge < -0.3 is 0 Å². The predicted octanol–water partition coefficient (Wildman–Crippen LogP) is 6.56. The zero-order valence-electron chi connectivity index (χ0n) is 16.9. The number of amides is 1. The molecule has 0 saturated carbocycles. The Balaban J connectivity index is 1.51. The summed E-state index contributed by atoms with van der Waals surface area (Å²) < 4.78 is 0. The van der Waals surface area contributed by atoms with Crippen molar-refractivity contribution in [1.82, 2.24) is 10.4 Å². The summed E-state index contributed by atoms with van der Waals surface area (Å²) in [5.74, 6) is -0.0811. The Morgan fingerprint density at radius 3 is 2.58 bits per heavy atom. The Bertz CT molecular complexity index is 1150. The average Bonchev–Trinajstić information content (AvgIpc) is 2.97. The summed E-state index contributed by atoms with van der Waals surface area (Å²) in [4.78, 5) is 21.1. The number of rotatable bonds is 3. The number of nitrogens with one attached hydrogen (secondary N) is 1. The number of benzene rings is 2. The van der Waals surface area contributed by atoms with Crippen molar-refractivity contribution >= 4 is 52.0 Å². The molecule has 2 aliphatic heterocycles. The van der Waals surface area contributed by atoms with Crippen LogP contribution in [0.1, 0.15) is 46.5 Å². The normalized spacial score (nSPS) is 16.5. The number of aliphatic imine (C=N–C) groups is 1. The van der Waals surface area contributed by atoms with Gasteiger partial charge in [0.2, 0.25) is 0 Å². The van der Waals surface area contributed by atoms with Crippen LogP contribution in [-0.2, 0) is 0 Å². The molecule has 7 heteroatoms. The first-order chi connectivity index (χ1) is 15.2. The maximum Gasteiger partial charge on any atom is 0.265 e. The molecule has 1 amide bonds. The SMILES string of the molecule is O=C(NN1CCCCCC1)c1ccc2c(c1)N=C(c1sccc1Cl)c1ccccc1S2. The lowest BCUT2D eigenvalue weighted by Gasteiger charge is -2.21. The van der Waals surface area contributed by atoms with Gasteiger partial charge in [0.05, 0.1) is 21.3 Å². The molecule has 0 bridgehead atoms. The fraction of sp³-hybridized carbons (Fsp3) is 0.250. The maximum absolute atomic E-state index is 13.0. The average molecular weight is 468 g/mol. The fourth-order valence-corrected chi connectivity index (χ4v) is 6.06. The van der Waals surface area contributed by atoms with Crippen LogP contribution in [0.4, 0.5) is 5.69 Å². The highest BCUT2D eigenvalue weighted by atomic mass is 35.5.